The first-order valence-electron chi connectivity index (χ1n) is 8.18. The second kappa shape index (κ2) is 6.91. The molecular weight excluding hydrogens is 220 g/mol. The van der Waals surface area contributed by atoms with E-state index in [0.29, 0.717) is 0 Å². The van der Waals surface area contributed by atoms with E-state index >= 15 is 0 Å². The Balaban J connectivity index is 1.79. The predicted octanol–water partition coefficient (Wildman–Crippen LogP) is 3.28. The minimum atomic E-state index is 0.754. The van der Waals surface area contributed by atoms with Gasteiger partial charge in [0.1, 0.15) is 0 Å². The quantitative estimate of drug-likeness (QED) is 0.748. The summed E-state index contributed by atoms with van der Waals surface area (Å²) in [5.74, 6) is 1.87. The highest BCUT2D eigenvalue weighted by atomic mass is 15.2. The minimum Gasteiger partial charge on any atom is -0.311 e. The van der Waals surface area contributed by atoms with E-state index in [1.807, 2.05) is 0 Å². The molecule has 106 valence electrons. The van der Waals surface area contributed by atoms with Crippen LogP contribution in [0.1, 0.15) is 59.3 Å². The van der Waals surface area contributed by atoms with E-state index in [4.69, 9.17) is 0 Å². The highest BCUT2D eigenvalue weighted by Crippen LogP contribution is 2.36. The van der Waals surface area contributed by atoms with Crippen molar-refractivity contribution < 1.29 is 0 Å². The van der Waals surface area contributed by atoms with Crippen LogP contribution in [0.4, 0.5) is 0 Å². The Morgan fingerprint density at radius 3 is 2.67 bits per heavy atom. The maximum atomic E-state index is 3.78. The molecule has 1 heterocycles. The first kappa shape index (κ1) is 14.3. The van der Waals surface area contributed by atoms with Crippen LogP contribution >= 0.6 is 0 Å². The summed E-state index contributed by atoms with van der Waals surface area (Å²) in [4.78, 5) is 2.82. The number of piperazine rings is 1. The lowest BCUT2D eigenvalue weighted by Gasteiger charge is -2.41. The van der Waals surface area contributed by atoms with Gasteiger partial charge in [0.15, 0.2) is 0 Å². The Morgan fingerprint density at radius 1 is 1.28 bits per heavy atom. The second-order valence-electron chi connectivity index (χ2n) is 6.83. The van der Waals surface area contributed by atoms with Crippen LogP contribution < -0.4 is 5.32 Å². The lowest BCUT2D eigenvalue weighted by molar-refractivity contribution is 0.108. The SMILES string of the molecule is CCCC1CN(CCCC(C)C)C(C2CC2)CN1. The molecule has 2 unspecified atom stereocenters. The Bertz CT molecular complexity index is 235. The number of nitrogens with one attached hydrogen (secondary N) is 1. The van der Waals surface area contributed by atoms with Gasteiger partial charge in [-0.15, -0.1) is 0 Å². The molecule has 0 radical (unpaired) electrons. The Morgan fingerprint density at radius 2 is 2.06 bits per heavy atom. The van der Waals surface area contributed by atoms with Crippen LogP contribution in [0.25, 0.3) is 0 Å². The van der Waals surface area contributed by atoms with Crippen LogP contribution in [-0.4, -0.2) is 36.6 Å². The van der Waals surface area contributed by atoms with E-state index < -0.39 is 0 Å². The van der Waals surface area contributed by atoms with Crippen molar-refractivity contribution in [2.45, 2.75) is 71.4 Å². The van der Waals surface area contributed by atoms with E-state index in [-0.39, 0.29) is 0 Å². The summed E-state index contributed by atoms with van der Waals surface area (Å²) < 4.78 is 0. The van der Waals surface area contributed by atoms with Gasteiger partial charge in [-0.3, -0.25) is 4.90 Å². The monoisotopic (exact) mass is 252 g/mol. The summed E-state index contributed by atoms with van der Waals surface area (Å²) in [5.41, 5.74) is 0. The highest BCUT2D eigenvalue weighted by molar-refractivity contribution is 4.94. The molecular formula is C16H32N2. The molecule has 2 nitrogen and oxygen atoms in total. The van der Waals surface area contributed by atoms with Gasteiger partial charge in [0.25, 0.3) is 0 Å². The second-order valence-corrected chi connectivity index (χ2v) is 6.83. The van der Waals surface area contributed by atoms with Crippen LogP contribution in [0.2, 0.25) is 0 Å². The molecule has 2 atom stereocenters. The lowest BCUT2D eigenvalue weighted by atomic mass is 10.0. The van der Waals surface area contributed by atoms with Gasteiger partial charge in [-0.1, -0.05) is 27.2 Å². The van der Waals surface area contributed by atoms with Crippen molar-refractivity contribution in [1.82, 2.24) is 10.2 Å². The fraction of sp³-hybridized carbons (Fsp3) is 1.00. The van der Waals surface area contributed by atoms with Gasteiger partial charge in [-0.25, -0.2) is 0 Å². The molecule has 0 amide bonds. The minimum absolute atomic E-state index is 0.754. The molecule has 2 fully saturated rings. The van der Waals surface area contributed by atoms with Gasteiger partial charge in [0.2, 0.25) is 0 Å². The molecule has 0 bridgehead atoms. The van der Waals surface area contributed by atoms with Crippen LogP contribution in [0.3, 0.4) is 0 Å². The number of hydrogen-bond donors (Lipinski definition) is 1. The largest absolute Gasteiger partial charge is 0.311 e. The third kappa shape index (κ3) is 4.24. The van der Waals surface area contributed by atoms with Crippen molar-refractivity contribution in [3.63, 3.8) is 0 Å². The molecule has 18 heavy (non-hydrogen) atoms. The maximum Gasteiger partial charge on any atom is 0.0249 e. The summed E-state index contributed by atoms with van der Waals surface area (Å²) in [6.45, 7) is 10.9. The third-order valence-corrected chi connectivity index (χ3v) is 4.57. The van der Waals surface area contributed by atoms with Crippen molar-refractivity contribution >= 4 is 0 Å². The van der Waals surface area contributed by atoms with Crippen molar-refractivity contribution in [2.75, 3.05) is 19.6 Å². The Labute approximate surface area is 114 Å². The first-order valence-corrected chi connectivity index (χ1v) is 8.18. The van der Waals surface area contributed by atoms with E-state index in [1.54, 1.807) is 0 Å². The van der Waals surface area contributed by atoms with Gasteiger partial charge < -0.3 is 5.32 Å². The summed E-state index contributed by atoms with van der Waals surface area (Å²) >= 11 is 0. The number of rotatable bonds is 7. The predicted molar refractivity (Wildman–Crippen MR) is 78.9 cm³/mol. The van der Waals surface area contributed by atoms with Gasteiger partial charge in [-0.2, -0.15) is 0 Å². The zero-order valence-corrected chi connectivity index (χ0v) is 12.6. The topological polar surface area (TPSA) is 15.3 Å². The lowest BCUT2D eigenvalue weighted by Crippen LogP contribution is -2.57. The average molecular weight is 252 g/mol. The van der Waals surface area contributed by atoms with Gasteiger partial charge in [-0.05, 0) is 50.5 Å². The maximum absolute atomic E-state index is 3.78. The molecule has 1 aliphatic heterocycles. The molecule has 1 aliphatic carbocycles. The highest BCUT2D eigenvalue weighted by Gasteiger charge is 2.38. The molecule has 1 N–H and O–H groups in total. The molecule has 0 spiro atoms. The zero-order chi connectivity index (χ0) is 13.0. The normalized spacial score (nSPS) is 30.0. The fourth-order valence-corrected chi connectivity index (χ4v) is 3.35. The van der Waals surface area contributed by atoms with Crippen LogP contribution in [0.15, 0.2) is 0 Å². The average Bonchev–Trinajstić information content (AvgIpc) is 3.13. The van der Waals surface area contributed by atoms with Crippen molar-refractivity contribution in [2.24, 2.45) is 11.8 Å². The molecule has 1 saturated carbocycles. The van der Waals surface area contributed by atoms with Crippen LogP contribution in [0.5, 0.6) is 0 Å². The zero-order valence-electron chi connectivity index (χ0n) is 12.6. The molecule has 1 saturated heterocycles. The van der Waals surface area contributed by atoms with Crippen LogP contribution in [0, 0.1) is 11.8 Å². The van der Waals surface area contributed by atoms with Crippen molar-refractivity contribution in [1.29, 1.82) is 0 Å². The fourth-order valence-electron chi connectivity index (χ4n) is 3.35. The molecule has 2 heteroatoms. The smallest absolute Gasteiger partial charge is 0.0249 e. The van der Waals surface area contributed by atoms with Gasteiger partial charge >= 0.3 is 0 Å². The summed E-state index contributed by atoms with van der Waals surface area (Å²) in [5, 5.41) is 3.78. The van der Waals surface area contributed by atoms with Crippen molar-refractivity contribution in [3.8, 4) is 0 Å². The molecule has 0 aromatic carbocycles. The van der Waals surface area contributed by atoms with Gasteiger partial charge in [0.05, 0.1) is 0 Å². The summed E-state index contributed by atoms with van der Waals surface area (Å²) in [6, 6.07) is 1.61. The first-order chi connectivity index (χ1) is 8.70. The Hall–Kier alpha value is -0.0800. The number of nitrogens with zero attached hydrogens (tertiary/aromatic N) is 1. The van der Waals surface area contributed by atoms with E-state index in [9.17, 15) is 0 Å². The third-order valence-electron chi connectivity index (χ3n) is 4.57. The molecule has 0 aromatic rings. The number of hydrogen-bond acceptors (Lipinski definition) is 2. The molecule has 2 rings (SSSR count). The van der Waals surface area contributed by atoms with E-state index in [0.717, 1.165) is 23.9 Å². The van der Waals surface area contributed by atoms with Crippen LogP contribution in [-0.2, 0) is 0 Å². The molecule has 0 aromatic heterocycles. The summed E-state index contributed by atoms with van der Waals surface area (Å²) in [6.07, 6.45) is 8.39. The molecule has 2 aliphatic rings. The van der Waals surface area contributed by atoms with E-state index in [2.05, 4.69) is 31.0 Å². The standard InChI is InChI=1S/C16H32N2/c1-4-6-15-12-18(10-5-7-13(2)3)16(11-17-15)14-8-9-14/h13-17H,4-12H2,1-3H3. The van der Waals surface area contributed by atoms with Gasteiger partial charge in [0, 0.05) is 25.2 Å². The summed E-state index contributed by atoms with van der Waals surface area (Å²) in [7, 11) is 0. The Kier molecular flexibility index (Phi) is 5.50. The van der Waals surface area contributed by atoms with E-state index in [1.165, 1.54) is 58.2 Å². The van der Waals surface area contributed by atoms with Crippen molar-refractivity contribution in [3.05, 3.63) is 0 Å².